The molecule has 0 aliphatic carbocycles. The van der Waals surface area contributed by atoms with Gasteiger partial charge in [-0.3, -0.25) is 0 Å². The summed E-state index contributed by atoms with van der Waals surface area (Å²) in [5.74, 6) is 0. The molecule has 0 aliphatic rings. The van der Waals surface area contributed by atoms with Gasteiger partial charge in [-0.2, -0.15) is 0 Å². The van der Waals surface area contributed by atoms with E-state index in [4.69, 9.17) is 22.9 Å². The first-order valence-electron chi connectivity index (χ1n) is 11.6. The summed E-state index contributed by atoms with van der Waals surface area (Å²) in [6.45, 7) is 15.6. The molecule has 6 heteroatoms. The first-order chi connectivity index (χ1) is 13.3. The molecule has 2 unspecified atom stereocenters. The van der Waals surface area contributed by atoms with Gasteiger partial charge in [0.1, 0.15) is 0 Å². The van der Waals surface area contributed by atoms with Crippen LogP contribution in [0.25, 0.3) is 0 Å². The number of nitrogens with two attached hydrogens (primary N) is 4. The van der Waals surface area contributed by atoms with E-state index in [0.29, 0.717) is 19.6 Å². The minimum atomic E-state index is 0.0762. The van der Waals surface area contributed by atoms with Crippen molar-refractivity contribution in [2.24, 2.45) is 39.2 Å². The highest BCUT2D eigenvalue weighted by atomic mass is 14.9. The Labute approximate surface area is 175 Å². The lowest BCUT2D eigenvalue weighted by molar-refractivity contribution is 0.216. The van der Waals surface area contributed by atoms with Gasteiger partial charge in [-0.1, -0.05) is 40.5 Å². The van der Waals surface area contributed by atoms with Gasteiger partial charge in [-0.25, -0.2) is 0 Å². The van der Waals surface area contributed by atoms with Crippen molar-refractivity contribution in [3.05, 3.63) is 0 Å². The summed E-state index contributed by atoms with van der Waals surface area (Å²) in [7, 11) is 0. The largest absolute Gasteiger partial charge is 0.330 e. The highest BCUT2D eigenvalue weighted by molar-refractivity contribution is 4.86. The molecule has 2 atom stereocenters. The van der Waals surface area contributed by atoms with Crippen LogP contribution < -0.4 is 33.6 Å². The van der Waals surface area contributed by atoms with Crippen molar-refractivity contribution in [1.29, 1.82) is 0 Å². The molecule has 0 aromatic rings. The Morgan fingerprint density at radius 1 is 0.607 bits per heavy atom. The maximum atomic E-state index is 6.20. The van der Waals surface area contributed by atoms with Crippen LogP contribution in [-0.4, -0.2) is 52.4 Å². The molecular formula is C22H52N6. The van der Waals surface area contributed by atoms with Crippen LogP contribution >= 0.6 is 0 Å². The first kappa shape index (κ1) is 27.8. The first-order valence-corrected chi connectivity index (χ1v) is 11.6. The average molecular weight is 401 g/mol. The lowest BCUT2D eigenvalue weighted by Gasteiger charge is -2.35. The molecule has 0 spiro atoms. The summed E-state index contributed by atoms with van der Waals surface area (Å²) in [5.41, 5.74) is 24.6. The Morgan fingerprint density at radius 2 is 1.11 bits per heavy atom. The molecule has 0 rings (SSSR count). The van der Waals surface area contributed by atoms with Crippen molar-refractivity contribution in [2.75, 3.05) is 52.4 Å². The van der Waals surface area contributed by atoms with Gasteiger partial charge in [0.2, 0.25) is 0 Å². The van der Waals surface area contributed by atoms with Crippen molar-refractivity contribution in [2.45, 2.75) is 72.6 Å². The fraction of sp³-hybridized carbons (Fsp3) is 1.00. The average Bonchev–Trinajstić information content (AvgIpc) is 2.72. The van der Waals surface area contributed by atoms with E-state index >= 15 is 0 Å². The van der Waals surface area contributed by atoms with Crippen molar-refractivity contribution in [1.82, 2.24) is 10.6 Å². The molecule has 170 valence electrons. The molecule has 0 aromatic carbocycles. The van der Waals surface area contributed by atoms with Gasteiger partial charge >= 0.3 is 0 Å². The lowest BCUT2D eigenvalue weighted by atomic mass is 9.79. The van der Waals surface area contributed by atoms with Gasteiger partial charge < -0.3 is 33.6 Å². The predicted octanol–water partition coefficient (Wildman–Crippen LogP) is 1.77. The highest BCUT2D eigenvalue weighted by Crippen LogP contribution is 2.27. The van der Waals surface area contributed by atoms with E-state index < -0.39 is 0 Å². The van der Waals surface area contributed by atoms with E-state index in [1.807, 2.05) is 0 Å². The standard InChI is InChI=1S/C22H52N6/c1-5-8-20(4,14-23)18-27-12-10-21(7-3,15-24)19-28-13-11-22(16-25,17-26)9-6-2/h27-28H,5-19,23-26H2,1-4H3. The molecule has 0 saturated heterocycles. The Morgan fingerprint density at radius 3 is 1.54 bits per heavy atom. The zero-order valence-corrected chi connectivity index (χ0v) is 19.4. The maximum Gasteiger partial charge on any atom is 0.00203 e. The third-order valence-electron chi connectivity index (χ3n) is 6.89. The van der Waals surface area contributed by atoms with Crippen LogP contribution in [0.4, 0.5) is 0 Å². The van der Waals surface area contributed by atoms with Gasteiger partial charge in [-0.05, 0) is 87.6 Å². The molecule has 0 aliphatic heterocycles. The maximum absolute atomic E-state index is 6.20. The van der Waals surface area contributed by atoms with Crippen LogP contribution in [0.2, 0.25) is 0 Å². The second-order valence-corrected chi connectivity index (χ2v) is 9.33. The molecule has 0 aromatic heterocycles. The zero-order valence-electron chi connectivity index (χ0n) is 19.4. The second kappa shape index (κ2) is 14.7. The number of hydrogen-bond acceptors (Lipinski definition) is 6. The van der Waals surface area contributed by atoms with Gasteiger partial charge in [0.25, 0.3) is 0 Å². The van der Waals surface area contributed by atoms with Crippen LogP contribution in [-0.2, 0) is 0 Å². The Kier molecular flexibility index (Phi) is 14.6. The molecule has 0 amide bonds. The Balaban J connectivity index is 4.47. The third-order valence-corrected chi connectivity index (χ3v) is 6.89. The van der Waals surface area contributed by atoms with Crippen molar-refractivity contribution in [3.63, 3.8) is 0 Å². The molecule has 0 bridgehead atoms. The van der Waals surface area contributed by atoms with Crippen LogP contribution in [0.5, 0.6) is 0 Å². The quantitative estimate of drug-likeness (QED) is 0.183. The minimum Gasteiger partial charge on any atom is -0.330 e. The topological polar surface area (TPSA) is 128 Å². The lowest BCUT2D eigenvalue weighted by Crippen LogP contribution is -2.45. The second-order valence-electron chi connectivity index (χ2n) is 9.33. The third kappa shape index (κ3) is 9.51. The zero-order chi connectivity index (χ0) is 21.5. The summed E-state index contributed by atoms with van der Waals surface area (Å²) < 4.78 is 0. The molecule has 0 heterocycles. The summed E-state index contributed by atoms with van der Waals surface area (Å²) in [6, 6.07) is 0. The van der Waals surface area contributed by atoms with Crippen LogP contribution in [0.15, 0.2) is 0 Å². The van der Waals surface area contributed by atoms with E-state index in [0.717, 1.165) is 71.2 Å². The monoisotopic (exact) mass is 400 g/mol. The van der Waals surface area contributed by atoms with E-state index in [2.05, 4.69) is 38.3 Å². The molecule has 28 heavy (non-hydrogen) atoms. The molecule has 0 fully saturated rings. The van der Waals surface area contributed by atoms with Crippen molar-refractivity contribution < 1.29 is 0 Å². The summed E-state index contributed by atoms with van der Waals surface area (Å²) >= 11 is 0. The van der Waals surface area contributed by atoms with Crippen molar-refractivity contribution >= 4 is 0 Å². The molecule has 10 N–H and O–H groups in total. The van der Waals surface area contributed by atoms with Gasteiger partial charge in [0.15, 0.2) is 0 Å². The summed E-state index contributed by atoms with van der Waals surface area (Å²) in [4.78, 5) is 0. The van der Waals surface area contributed by atoms with Gasteiger partial charge in [0, 0.05) is 13.1 Å². The fourth-order valence-corrected chi connectivity index (χ4v) is 4.17. The smallest absolute Gasteiger partial charge is 0.00203 e. The highest BCUT2D eigenvalue weighted by Gasteiger charge is 2.29. The van der Waals surface area contributed by atoms with E-state index in [9.17, 15) is 0 Å². The Bertz CT molecular complexity index is 368. The number of rotatable bonds is 19. The molecular weight excluding hydrogens is 348 g/mol. The van der Waals surface area contributed by atoms with Gasteiger partial charge in [-0.15, -0.1) is 0 Å². The van der Waals surface area contributed by atoms with Gasteiger partial charge in [0.05, 0.1) is 0 Å². The summed E-state index contributed by atoms with van der Waals surface area (Å²) in [5, 5.41) is 7.30. The van der Waals surface area contributed by atoms with E-state index in [-0.39, 0.29) is 16.2 Å². The normalized spacial score (nSPS) is 16.7. The predicted molar refractivity (Wildman–Crippen MR) is 124 cm³/mol. The molecule has 6 nitrogen and oxygen atoms in total. The molecule has 0 saturated carbocycles. The van der Waals surface area contributed by atoms with E-state index in [1.165, 1.54) is 6.42 Å². The van der Waals surface area contributed by atoms with Crippen LogP contribution in [0, 0.1) is 16.2 Å². The van der Waals surface area contributed by atoms with E-state index in [1.54, 1.807) is 0 Å². The van der Waals surface area contributed by atoms with Crippen LogP contribution in [0.1, 0.15) is 72.6 Å². The SMILES string of the molecule is CCCC(C)(CN)CNCCC(CC)(CN)CNCCC(CN)(CN)CCC. The molecule has 0 radical (unpaired) electrons. The van der Waals surface area contributed by atoms with Crippen molar-refractivity contribution in [3.8, 4) is 0 Å². The number of hydrogen-bond donors (Lipinski definition) is 6. The summed E-state index contributed by atoms with van der Waals surface area (Å²) in [6.07, 6.45) is 7.74. The minimum absolute atomic E-state index is 0.0762. The van der Waals surface area contributed by atoms with Crippen LogP contribution in [0.3, 0.4) is 0 Å². The fourth-order valence-electron chi connectivity index (χ4n) is 4.17. The Hall–Kier alpha value is -0.240. The number of nitrogens with one attached hydrogen (secondary N) is 2.